The van der Waals surface area contributed by atoms with E-state index >= 15 is 0 Å². The van der Waals surface area contributed by atoms with E-state index in [1.165, 1.54) is 0 Å². The number of aromatic nitrogens is 3. The van der Waals surface area contributed by atoms with Gasteiger partial charge in [0.1, 0.15) is 12.1 Å². The molecule has 0 aliphatic carbocycles. The number of imidazole rings is 1. The largest absolute Gasteiger partial charge is 0.472 e. The third kappa shape index (κ3) is 3.51. The lowest BCUT2D eigenvalue weighted by molar-refractivity contribution is 0.240. The Morgan fingerprint density at radius 3 is 2.68 bits per heavy atom. The number of hydrogen-bond acceptors (Lipinski definition) is 4. The molecule has 0 atom stereocenters. The number of nitrogens with one attached hydrogen (secondary N) is 2. The topological polar surface area (TPSA) is 85.0 Å². The second kappa shape index (κ2) is 6.57. The maximum atomic E-state index is 11.7. The average molecular weight is 297 g/mol. The van der Waals surface area contributed by atoms with Crippen LogP contribution in [0.3, 0.4) is 0 Å². The van der Waals surface area contributed by atoms with Crippen molar-refractivity contribution in [2.75, 3.05) is 0 Å². The van der Waals surface area contributed by atoms with Gasteiger partial charge in [0.2, 0.25) is 0 Å². The first-order valence-electron chi connectivity index (χ1n) is 6.77. The van der Waals surface area contributed by atoms with E-state index in [0.29, 0.717) is 13.1 Å². The van der Waals surface area contributed by atoms with Crippen LogP contribution in [0.25, 0.3) is 5.82 Å². The fourth-order valence-electron chi connectivity index (χ4n) is 1.89. The monoisotopic (exact) mass is 297 g/mol. The van der Waals surface area contributed by atoms with Crippen LogP contribution >= 0.6 is 0 Å². The Balaban J connectivity index is 1.48. The summed E-state index contributed by atoms with van der Waals surface area (Å²) in [5.74, 6) is 0.783. The van der Waals surface area contributed by atoms with E-state index in [2.05, 4.69) is 20.6 Å². The smallest absolute Gasteiger partial charge is 0.315 e. The van der Waals surface area contributed by atoms with Gasteiger partial charge in [0.15, 0.2) is 0 Å². The summed E-state index contributed by atoms with van der Waals surface area (Å²) in [6.45, 7) is 0.842. The Bertz CT molecular complexity index is 705. The Kier molecular flexibility index (Phi) is 4.15. The van der Waals surface area contributed by atoms with Crippen LogP contribution in [0, 0.1) is 0 Å². The van der Waals surface area contributed by atoms with Crippen molar-refractivity contribution in [1.82, 2.24) is 25.2 Å². The fourth-order valence-corrected chi connectivity index (χ4v) is 1.89. The Morgan fingerprint density at radius 1 is 1.18 bits per heavy atom. The molecule has 0 fully saturated rings. The molecule has 22 heavy (non-hydrogen) atoms. The van der Waals surface area contributed by atoms with Gasteiger partial charge in [-0.1, -0.05) is 6.07 Å². The normalized spacial score (nSPS) is 10.4. The zero-order chi connectivity index (χ0) is 15.2. The number of carbonyl (C=O) groups is 1. The molecule has 0 aromatic carbocycles. The molecule has 0 saturated heterocycles. The van der Waals surface area contributed by atoms with E-state index < -0.39 is 0 Å². The standard InChI is InChI=1S/C15H15N5O2/c21-15(19-9-13-3-6-22-10-13)18-8-12-1-2-14(17-7-12)20-5-4-16-11-20/h1-7,10-11H,8-9H2,(H2,18,19,21). The van der Waals surface area contributed by atoms with Crippen molar-refractivity contribution in [2.24, 2.45) is 0 Å². The highest BCUT2D eigenvalue weighted by atomic mass is 16.3. The predicted octanol–water partition coefficient (Wildman–Crippen LogP) is 1.86. The highest BCUT2D eigenvalue weighted by Crippen LogP contribution is 2.05. The lowest BCUT2D eigenvalue weighted by atomic mass is 10.3. The second-order valence-electron chi connectivity index (χ2n) is 4.66. The minimum Gasteiger partial charge on any atom is -0.472 e. The Morgan fingerprint density at radius 2 is 2.05 bits per heavy atom. The van der Waals surface area contributed by atoms with Crippen molar-refractivity contribution in [2.45, 2.75) is 13.1 Å². The molecule has 3 rings (SSSR count). The van der Waals surface area contributed by atoms with Gasteiger partial charge >= 0.3 is 6.03 Å². The van der Waals surface area contributed by atoms with Crippen LogP contribution in [0.1, 0.15) is 11.1 Å². The number of urea groups is 1. The van der Waals surface area contributed by atoms with Gasteiger partial charge in [0.05, 0.1) is 12.5 Å². The number of carbonyl (C=O) groups excluding carboxylic acids is 1. The van der Waals surface area contributed by atoms with Gasteiger partial charge in [-0.2, -0.15) is 0 Å². The second-order valence-corrected chi connectivity index (χ2v) is 4.66. The lowest BCUT2D eigenvalue weighted by Gasteiger charge is -2.07. The van der Waals surface area contributed by atoms with Crippen LogP contribution in [0.15, 0.2) is 60.1 Å². The van der Waals surface area contributed by atoms with Crippen LogP contribution in [-0.4, -0.2) is 20.6 Å². The van der Waals surface area contributed by atoms with Crippen molar-refractivity contribution in [1.29, 1.82) is 0 Å². The van der Waals surface area contributed by atoms with Gasteiger partial charge in [-0.3, -0.25) is 4.57 Å². The Labute approximate surface area is 127 Å². The molecule has 3 aromatic rings. The summed E-state index contributed by atoms with van der Waals surface area (Å²) < 4.78 is 6.75. The molecule has 0 unspecified atom stereocenters. The zero-order valence-corrected chi connectivity index (χ0v) is 11.8. The molecule has 2 N–H and O–H groups in total. The van der Waals surface area contributed by atoms with Gasteiger partial charge in [-0.25, -0.2) is 14.8 Å². The molecule has 3 aromatic heterocycles. The number of rotatable bonds is 5. The van der Waals surface area contributed by atoms with Gasteiger partial charge in [0.25, 0.3) is 0 Å². The molecule has 0 radical (unpaired) electrons. The highest BCUT2D eigenvalue weighted by molar-refractivity contribution is 5.73. The van der Waals surface area contributed by atoms with Crippen LogP contribution in [0.4, 0.5) is 4.79 Å². The molecule has 0 saturated carbocycles. The third-order valence-electron chi connectivity index (χ3n) is 3.06. The number of furan rings is 1. The van der Waals surface area contributed by atoms with E-state index in [4.69, 9.17) is 4.42 Å². The van der Waals surface area contributed by atoms with E-state index in [9.17, 15) is 4.79 Å². The summed E-state index contributed by atoms with van der Waals surface area (Å²) in [6, 6.07) is 5.36. The number of pyridine rings is 1. The first-order chi connectivity index (χ1) is 10.8. The van der Waals surface area contributed by atoms with Crippen LogP contribution < -0.4 is 10.6 Å². The van der Waals surface area contributed by atoms with E-state index in [1.807, 2.05) is 22.9 Å². The molecule has 0 bridgehead atoms. The summed E-state index contributed by atoms with van der Waals surface area (Å²) in [6.07, 6.45) is 10.1. The summed E-state index contributed by atoms with van der Waals surface area (Å²) in [5.41, 5.74) is 1.84. The quantitative estimate of drug-likeness (QED) is 0.752. The minimum absolute atomic E-state index is 0.236. The molecular formula is C15H15N5O2. The van der Waals surface area contributed by atoms with E-state index in [1.54, 1.807) is 37.3 Å². The summed E-state index contributed by atoms with van der Waals surface area (Å²) in [7, 11) is 0. The molecule has 7 nitrogen and oxygen atoms in total. The summed E-state index contributed by atoms with van der Waals surface area (Å²) >= 11 is 0. The lowest BCUT2D eigenvalue weighted by Crippen LogP contribution is -2.34. The van der Waals surface area contributed by atoms with Crippen molar-refractivity contribution in [3.05, 3.63) is 66.8 Å². The maximum absolute atomic E-state index is 11.7. The number of nitrogens with zero attached hydrogens (tertiary/aromatic N) is 3. The number of hydrogen-bond donors (Lipinski definition) is 2. The van der Waals surface area contributed by atoms with Crippen LogP contribution in [-0.2, 0) is 13.1 Å². The van der Waals surface area contributed by atoms with Gasteiger partial charge in [0, 0.05) is 37.2 Å². The first-order valence-corrected chi connectivity index (χ1v) is 6.77. The summed E-state index contributed by atoms with van der Waals surface area (Å²) in [5, 5.41) is 5.52. The van der Waals surface area contributed by atoms with Crippen molar-refractivity contribution < 1.29 is 9.21 Å². The maximum Gasteiger partial charge on any atom is 0.315 e. The van der Waals surface area contributed by atoms with Crippen molar-refractivity contribution in [3.63, 3.8) is 0 Å². The molecule has 2 amide bonds. The third-order valence-corrected chi connectivity index (χ3v) is 3.06. The zero-order valence-electron chi connectivity index (χ0n) is 11.8. The van der Waals surface area contributed by atoms with Crippen molar-refractivity contribution >= 4 is 6.03 Å². The molecule has 7 heteroatoms. The first kappa shape index (κ1) is 13.9. The van der Waals surface area contributed by atoms with Crippen molar-refractivity contribution in [3.8, 4) is 5.82 Å². The highest BCUT2D eigenvalue weighted by Gasteiger charge is 2.02. The molecule has 0 spiro atoms. The SMILES string of the molecule is O=C(NCc1ccc(-n2ccnc2)nc1)NCc1ccoc1. The average Bonchev–Trinajstić information content (AvgIpc) is 3.24. The van der Waals surface area contributed by atoms with E-state index in [-0.39, 0.29) is 6.03 Å². The van der Waals surface area contributed by atoms with Gasteiger partial charge < -0.3 is 15.1 Å². The van der Waals surface area contributed by atoms with Gasteiger partial charge in [-0.15, -0.1) is 0 Å². The number of amides is 2. The predicted molar refractivity (Wildman–Crippen MR) is 79.1 cm³/mol. The van der Waals surface area contributed by atoms with Crippen LogP contribution in [0.5, 0.6) is 0 Å². The van der Waals surface area contributed by atoms with Crippen LogP contribution in [0.2, 0.25) is 0 Å². The Hall–Kier alpha value is -3.09. The van der Waals surface area contributed by atoms with Gasteiger partial charge in [-0.05, 0) is 17.7 Å². The van der Waals surface area contributed by atoms with E-state index in [0.717, 1.165) is 16.9 Å². The molecule has 0 aliphatic heterocycles. The molecular weight excluding hydrogens is 282 g/mol. The minimum atomic E-state index is -0.236. The fraction of sp³-hybridized carbons (Fsp3) is 0.133. The molecule has 3 heterocycles. The molecule has 112 valence electrons. The molecule has 0 aliphatic rings. The summed E-state index contributed by atoms with van der Waals surface area (Å²) in [4.78, 5) is 20.0.